The first-order chi connectivity index (χ1) is 10.5. The predicted octanol–water partition coefficient (Wildman–Crippen LogP) is 3.23. The molecule has 132 valence electrons. The molecule has 0 aliphatic heterocycles. The fourth-order valence-corrected chi connectivity index (χ4v) is 2.51. The van der Waals surface area contributed by atoms with Gasteiger partial charge in [0.2, 0.25) is 0 Å². The molecule has 1 N–H and O–H groups in total. The zero-order chi connectivity index (χ0) is 16.6. The average Bonchev–Trinajstić information content (AvgIpc) is 2.57. The van der Waals surface area contributed by atoms with Crippen LogP contribution in [-0.2, 0) is 15.1 Å². The fourth-order valence-electron chi connectivity index (χ4n) is 2.51. The van der Waals surface area contributed by atoms with Crippen molar-refractivity contribution in [3.63, 3.8) is 0 Å². The maximum absolute atomic E-state index is 12.5. The molecule has 0 aliphatic carbocycles. The number of hydrogen-bond donors (Lipinski definition) is 1. The van der Waals surface area contributed by atoms with Gasteiger partial charge >= 0.3 is 5.97 Å². The van der Waals surface area contributed by atoms with E-state index < -0.39 is 11.6 Å². The molecule has 0 aromatic heterocycles. The number of hydrogen-bond acceptors (Lipinski definition) is 4. The number of halogens is 1. The molecule has 0 spiro atoms. The number of benzene rings is 1. The van der Waals surface area contributed by atoms with Gasteiger partial charge in [-0.05, 0) is 31.0 Å². The molecule has 5 heteroatoms. The minimum atomic E-state index is -1.58. The topological polar surface area (TPSA) is 49.8 Å². The summed E-state index contributed by atoms with van der Waals surface area (Å²) in [4.78, 5) is 14.7. The normalized spacial score (nSPS) is 14.7. The van der Waals surface area contributed by atoms with E-state index in [4.69, 9.17) is 4.74 Å². The minimum absolute atomic E-state index is 0. The minimum Gasteiger partial charge on any atom is -0.462 e. The maximum Gasteiger partial charge on any atom is 0.343 e. The van der Waals surface area contributed by atoms with Crippen molar-refractivity contribution in [2.75, 3.05) is 26.2 Å². The van der Waals surface area contributed by atoms with Gasteiger partial charge < -0.3 is 14.7 Å². The molecule has 0 radical (unpaired) electrons. The van der Waals surface area contributed by atoms with Gasteiger partial charge in [-0.25, -0.2) is 4.79 Å². The second-order valence-corrected chi connectivity index (χ2v) is 5.60. The van der Waals surface area contributed by atoms with Crippen LogP contribution in [0.1, 0.15) is 39.7 Å². The van der Waals surface area contributed by atoms with E-state index in [1.54, 1.807) is 12.1 Å². The highest BCUT2D eigenvalue weighted by Crippen LogP contribution is 2.33. The quantitative estimate of drug-likeness (QED) is 0.699. The Morgan fingerprint density at radius 2 is 1.78 bits per heavy atom. The summed E-state index contributed by atoms with van der Waals surface area (Å²) in [7, 11) is 0. The third-order valence-corrected chi connectivity index (χ3v) is 4.39. The van der Waals surface area contributed by atoms with Gasteiger partial charge in [0.25, 0.3) is 0 Å². The van der Waals surface area contributed by atoms with Gasteiger partial charge in [-0.2, -0.15) is 0 Å². The fraction of sp³-hybridized carbons (Fsp3) is 0.611. The van der Waals surface area contributed by atoms with Gasteiger partial charge in [0.1, 0.15) is 6.61 Å². The van der Waals surface area contributed by atoms with Gasteiger partial charge in [-0.1, -0.05) is 58.0 Å². The van der Waals surface area contributed by atoms with Crippen LogP contribution >= 0.6 is 12.4 Å². The summed E-state index contributed by atoms with van der Waals surface area (Å²) in [6, 6.07) is 9.07. The van der Waals surface area contributed by atoms with Crippen molar-refractivity contribution in [2.24, 2.45) is 5.92 Å². The smallest absolute Gasteiger partial charge is 0.343 e. The molecule has 23 heavy (non-hydrogen) atoms. The Morgan fingerprint density at radius 1 is 1.22 bits per heavy atom. The van der Waals surface area contributed by atoms with Crippen LogP contribution in [0.2, 0.25) is 0 Å². The number of esters is 1. The Kier molecular flexibility index (Phi) is 10.1. The largest absolute Gasteiger partial charge is 0.462 e. The first-order valence-electron chi connectivity index (χ1n) is 8.18. The van der Waals surface area contributed by atoms with Crippen LogP contribution in [-0.4, -0.2) is 42.2 Å². The summed E-state index contributed by atoms with van der Waals surface area (Å²) < 4.78 is 5.39. The molecule has 1 rings (SSSR count). The second-order valence-electron chi connectivity index (χ2n) is 5.60. The Hall–Kier alpha value is -1.10. The van der Waals surface area contributed by atoms with Gasteiger partial charge in [-0.15, -0.1) is 12.4 Å². The van der Waals surface area contributed by atoms with Gasteiger partial charge in [0.15, 0.2) is 5.60 Å². The number of ether oxygens (including phenoxy) is 1. The van der Waals surface area contributed by atoms with Crippen LogP contribution in [0.25, 0.3) is 0 Å². The van der Waals surface area contributed by atoms with Crippen molar-refractivity contribution in [1.29, 1.82) is 0 Å². The number of likely N-dealkylation sites (N-methyl/N-ethyl adjacent to an activating group) is 1. The molecule has 1 aromatic rings. The second kappa shape index (κ2) is 10.6. The zero-order valence-corrected chi connectivity index (χ0v) is 15.4. The molecule has 2 unspecified atom stereocenters. The molecular formula is C18H30ClNO3. The highest BCUT2D eigenvalue weighted by molar-refractivity contribution is 5.85. The Balaban J connectivity index is 0.00000484. The lowest BCUT2D eigenvalue weighted by atomic mass is 9.81. The van der Waals surface area contributed by atoms with Crippen LogP contribution < -0.4 is 0 Å². The van der Waals surface area contributed by atoms with E-state index in [1.807, 2.05) is 32.0 Å². The highest BCUT2D eigenvalue weighted by atomic mass is 35.5. The molecule has 0 fully saturated rings. The number of carbonyl (C=O) groups is 1. The number of aliphatic hydroxyl groups is 1. The Morgan fingerprint density at radius 3 is 2.26 bits per heavy atom. The van der Waals surface area contributed by atoms with E-state index >= 15 is 0 Å². The lowest BCUT2D eigenvalue weighted by molar-refractivity contribution is -0.173. The van der Waals surface area contributed by atoms with E-state index in [0.29, 0.717) is 25.1 Å². The van der Waals surface area contributed by atoms with Crippen molar-refractivity contribution < 1.29 is 14.6 Å². The van der Waals surface area contributed by atoms with E-state index in [9.17, 15) is 9.90 Å². The van der Waals surface area contributed by atoms with E-state index in [0.717, 1.165) is 13.1 Å². The summed E-state index contributed by atoms with van der Waals surface area (Å²) in [5.41, 5.74) is -0.989. The number of nitrogens with zero attached hydrogens (tertiary/aromatic N) is 1. The molecule has 0 amide bonds. The van der Waals surface area contributed by atoms with Crippen molar-refractivity contribution in [3.8, 4) is 0 Å². The number of rotatable bonds is 9. The summed E-state index contributed by atoms with van der Waals surface area (Å²) in [6.45, 7) is 10.8. The third-order valence-electron chi connectivity index (χ3n) is 4.39. The van der Waals surface area contributed by atoms with Crippen LogP contribution in [0, 0.1) is 5.92 Å². The van der Waals surface area contributed by atoms with Crippen LogP contribution in [0.4, 0.5) is 0 Å². The molecule has 4 nitrogen and oxygen atoms in total. The first-order valence-corrected chi connectivity index (χ1v) is 8.18. The maximum atomic E-state index is 12.5. The lowest BCUT2D eigenvalue weighted by Gasteiger charge is -2.32. The molecule has 0 bridgehead atoms. The highest BCUT2D eigenvalue weighted by Gasteiger charge is 2.44. The molecule has 2 atom stereocenters. The predicted molar refractivity (Wildman–Crippen MR) is 95.8 cm³/mol. The van der Waals surface area contributed by atoms with Gasteiger partial charge in [0.05, 0.1) is 0 Å². The zero-order valence-electron chi connectivity index (χ0n) is 14.6. The molecule has 0 saturated heterocycles. The third kappa shape index (κ3) is 5.48. The molecule has 0 heterocycles. The van der Waals surface area contributed by atoms with Crippen molar-refractivity contribution >= 4 is 18.4 Å². The van der Waals surface area contributed by atoms with Crippen LogP contribution in [0.5, 0.6) is 0 Å². The van der Waals surface area contributed by atoms with E-state index in [-0.39, 0.29) is 18.3 Å². The summed E-state index contributed by atoms with van der Waals surface area (Å²) in [5, 5.41) is 11.0. The lowest BCUT2D eigenvalue weighted by Crippen LogP contribution is -2.44. The Labute approximate surface area is 146 Å². The van der Waals surface area contributed by atoms with Crippen molar-refractivity contribution in [3.05, 3.63) is 35.9 Å². The average molecular weight is 344 g/mol. The van der Waals surface area contributed by atoms with E-state index in [1.165, 1.54) is 0 Å². The monoisotopic (exact) mass is 343 g/mol. The van der Waals surface area contributed by atoms with Gasteiger partial charge in [-0.3, -0.25) is 0 Å². The van der Waals surface area contributed by atoms with Crippen LogP contribution in [0.3, 0.4) is 0 Å². The van der Waals surface area contributed by atoms with Crippen molar-refractivity contribution in [2.45, 2.75) is 39.7 Å². The molecule has 0 saturated carbocycles. The summed E-state index contributed by atoms with van der Waals surface area (Å²) in [5.74, 6) is -0.768. The molecule has 1 aromatic carbocycles. The van der Waals surface area contributed by atoms with Crippen LogP contribution in [0.15, 0.2) is 30.3 Å². The van der Waals surface area contributed by atoms with Gasteiger partial charge in [0, 0.05) is 6.54 Å². The molecule has 0 aliphatic rings. The SMILES string of the molecule is CCC(C)C(O)(C(=O)OCCN(CC)CC)c1ccccc1.Cl. The summed E-state index contributed by atoms with van der Waals surface area (Å²) in [6.07, 6.45) is 0.691. The standard InChI is InChI=1S/C18H29NO3.ClH/c1-5-15(4)18(21,16-11-9-8-10-12-16)17(20)22-14-13-19(6-2)7-3;/h8-12,15,21H,5-7,13-14H2,1-4H3;1H. The van der Waals surface area contributed by atoms with Crippen molar-refractivity contribution in [1.82, 2.24) is 4.90 Å². The molecular weight excluding hydrogens is 314 g/mol. The Bertz CT molecular complexity index is 451. The number of carbonyl (C=O) groups excluding carboxylic acids is 1. The summed E-state index contributed by atoms with van der Waals surface area (Å²) >= 11 is 0. The first kappa shape index (κ1) is 21.9. The van der Waals surface area contributed by atoms with E-state index in [2.05, 4.69) is 18.7 Å².